The zero-order valence-electron chi connectivity index (χ0n) is 35.2. The Balaban J connectivity index is 1.02. The number of benzene rings is 4. The molecule has 1 fully saturated rings. The smallest absolute Gasteiger partial charge is 0.246 e. The van der Waals surface area contributed by atoms with Crippen LogP contribution < -0.4 is 32.3 Å². The number of hydrogen-bond acceptors (Lipinski definition) is 9. The molecule has 1 aliphatic carbocycles. The van der Waals surface area contributed by atoms with E-state index in [0.29, 0.717) is 73.1 Å². The highest BCUT2D eigenvalue weighted by molar-refractivity contribution is 6.30. The van der Waals surface area contributed by atoms with Crippen LogP contribution in [0.1, 0.15) is 82.5 Å². The highest BCUT2D eigenvalue weighted by atomic mass is 16.2. The maximum absolute atomic E-state index is 14.2. The van der Waals surface area contributed by atoms with Crippen molar-refractivity contribution >= 4 is 46.8 Å². The largest absolute Gasteiger partial charge is 0.384 e. The van der Waals surface area contributed by atoms with Gasteiger partial charge in [-0.15, -0.1) is 0 Å². The monoisotopic (exact) mass is 841 g/mol. The van der Waals surface area contributed by atoms with E-state index in [1.54, 1.807) is 42.5 Å². The quantitative estimate of drug-likeness (QED) is 0.0674. The molecule has 1 heterocycles. The molecule has 4 aromatic rings. The highest BCUT2D eigenvalue weighted by Crippen LogP contribution is 2.32. The van der Waals surface area contributed by atoms with Crippen LogP contribution >= 0.6 is 0 Å². The van der Waals surface area contributed by atoms with Crippen LogP contribution in [-0.4, -0.2) is 96.3 Å². The molecule has 62 heavy (non-hydrogen) atoms. The molecule has 1 saturated heterocycles. The minimum absolute atomic E-state index is 0.156. The standard InChI is InChI=1S/C48H55N7O7/c1-3-30(2)42(54-45(59)36(49)27-31-15-6-4-7-16-31)47(61)52-29-40(56)53-38(28-32-17-8-5-9-18-32)48(62)55-26-13-23-39(55)46(60)51-25-14-24-50-37-22-12-21-35-41(37)44(58)34-20-11-10-19-33(34)43(35)57/h4-12,15-22,30,36,38-39,42,50H,3,13-14,23-29,49H2,1-2H3,(H,51,60)(H,52,61)(H,53,56)(H,54,59)/t30-,36-,38-,39+,42-/m0/s1. The van der Waals surface area contributed by atoms with Gasteiger partial charge in [-0.05, 0) is 48.8 Å². The number of nitrogens with two attached hydrogens (primary N) is 1. The topological polar surface area (TPSA) is 209 Å². The molecule has 0 spiro atoms. The number of rotatable bonds is 19. The molecule has 0 saturated carbocycles. The van der Waals surface area contributed by atoms with E-state index in [4.69, 9.17) is 5.73 Å². The zero-order chi connectivity index (χ0) is 44.2. The Morgan fingerprint density at radius 2 is 1.35 bits per heavy atom. The van der Waals surface area contributed by atoms with Gasteiger partial charge in [-0.1, -0.05) is 117 Å². The van der Waals surface area contributed by atoms with E-state index >= 15 is 0 Å². The molecular weight excluding hydrogens is 787 g/mol. The molecule has 14 heteroatoms. The molecule has 14 nitrogen and oxygen atoms in total. The summed E-state index contributed by atoms with van der Waals surface area (Å²) < 4.78 is 0. The van der Waals surface area contributed by atoms with Crippen molar-refractivity contribution in [3.63, 3.8) is 0 Å². The second-order valence-corrected chi connectivity index (χ2v) is 15.9. The molecule has 5 atom stereocenters. The average Bonchev–Trinajstić information content (AvgIpc) is 3.79. The number of likely N-dealkylation sites (tertiary alicyclic amines) is 1. The fourth-order valence-electron chi connectivity index (χ4n) is 7.93. The van der Waals surface area contributed by atoms with Gasteiger partial charge in [0.2, 0.25) is 29.5 Å². The predicted octanol–water partition coefficient (Wildman–Crippen LogP) is 3.32. The van der Waals surface area contributed by atoms with Crippen molar-refractivity contribution in [1.29, 1.82) is 0 Å². The van der Waals surface area contributed by atoms with E-state index in [2.05, 4.69) is 26.6 Å². The summed E-state index contributed by atoms with van der Waals surface area (Å²) in [5, 5.41) is 14.4. The summed E-state index contributed by atoms with van der Waals surface area (Å²) in [4.78, 5) is 95.6. The Morgan fingerprint density at radius 1 is 0.726 bits per heavy atom. The predicted molar refractivity (Wildman–Crippen MR) is 235 cm³/mol. The number of carbonyl (C=O) groups is 7. The summed E-state index contributed by atoms with van der Waals surface area (Å²) >= 11 is 0. The van der Waals surface area contributed by atoms with Gasteiger partial charge < -0.3 is 37.2 Å². The van der Waals surface area contributed by atoms with Crippen molar-refractivity contribution in [2.24, 2.45) is 11.7 Å². The third-order valence-electron chi connectivity index (χ3n) is 11.5. The van der Waals surface area contributed by atoms with Gasteiger partial charge in [0.15, 0.2) is 11.6 Å². The molecule has 0 aromatic heterocycles. The molecule has 1 aliphatic heterocycles. The van der Waals surface area contributed by atoms with Gasteiger partial charge in [-0.3, -0.25) is 33.6 Å². The van der Waals surface area contributed by atoms with Crippen molar-refractivity contribution in [3.05, 3.63) is 137 Å². The van der Waals surface area contributed by atoms with Crippen LogP contribution in [0.15, 0.2) is 103 Å². The first-order chi connectivity index (χ1) is 30.0. The fraction of sp³-hybridized carbons (Fsp3) is 0.354. The molecule has 4 aromatic carbocycles. The lowest BCUT2D eigenvalue weighted by molar-refractivity contribution is -0.141. The number of anilines is 1. The summed E-state index contributed by atoms with van der Waals surface area (Å²) in [6, 6.07) is 26.8. The first-order valence-electron chi connectivity index (χ1n) is 21.3. The van der Waals surface area contributed by atoms with Crippen LogP contribution in [0.2, 0.25) is 0 Å². The van der Waals surface area contributed by atoms with Crippen molar-refractivity contribution in [3.8, 4) is 0 Å². The van der Waals surface area contributed by atoms with Crippen LogP contribution in [0.25, 0.3) is 0 Å². The van der Waals surface area contributed by atoms with Crippen molar-refractivity contribution in [2.45, 2.75) is 76.5 Å². The normalized spacial score (nSPS) is 16.2. The van der Waals surface area contributed by atoms with E-state index in [9.17, 15) is 33.6 Å². The van der Waals surface area contributed by atoms with E-state index < -0.39 is 54.3 Å². The molecular formula is C48H55N7O7. The molecule has 2 aliphatic rings. The maximum atomic E-state index is 14.2. The van der Waals surface area contributed by atoms with Gasteiger partial charge in [0.1, 0.15) is 18.1 Å². The van der Waals surface area contributed by atoms with Crippen LogP contribution in [0.4, 0.5) is 5.69 Å². The Labute approximate surface area is 361 Å². The summed E-state index contributed by atoms with van der Waals surface area (Å²) in [7, 11) is 0. The number of nitrogens with one attached hydrogen (secondary N) is 5. The van der Waals surface area contributed by atoms with Gasteiger partial charge >= 0.3 is 0 Å². The van der Waals surface area contributed by atoms with E-state index in [1.807, 2.05) is 74.5 Å². The van der Waals surface area contributed by atoms with E-state index in [-0.39, 0.29) is 36.4 Å². The number of carbonyl (C=O) groups excluding carboxylic acids is 7. The first kappa shape index (κ1) is 44.9. The fourth-order valence-corrected chi connectivity index (χ4v) is 7.93. The Morgan fingerprint density at radius 3 is 2.03 bits per heavy atom. The second-order valence-electron chi connectivity index (χ2n) is 15.9. The average molecular weight is 842 g/mol. The van der Waals surface area contributed by atoms with Crippen molar-refractivity contribution in [1.82, 2.24) is 26.2 Å². The highest BCUT2D eigenvalue weighted by Gasteiger charge is 2.38. The number of nitrogens with zero attached hydrogens (tertiary/aromatic N) is 1. The first-order valence-corrected chi connectivity index (χ1v) is 21.3. The lowest BCUT2D eigenvalue weighted by atomic mass is 9.83. The van der Waals surface area contributed by atoms with Crippen LogP contribution in [0.5, 0.6) is 0 Å². The molecule has 0 radical (unpaired) electrons. The molecule has 7 N–H and O–H groups in total. The summed E-state index contributed by atoms with van der Waals surface area (Å²) in [6.45, 7) is 4.29. The van der Waals surface area contributed by atoms with Gasteiger partial charge in [0, 0.05) is 48.4 Å². The maximum Gasteiger partial charge on any atom is 0.246 e. The van der Waals surface area contributed by atoms with Crippen molar-refractivity contribution in [2.75, 3.05) is 31.5 Å². The van der Waals surface area contributed by atoms with Gasteiger partial charge in [0.25, 0.3) is 0 Å². The number of amides is 5. The SMILES string of the molecule is CC[C@H](C)[C@H](NC(=O)[C@@H](N)Cc1ccccc1)C(=O)NCC(=O)N[C@@H](Cc1ccccc1)C(=O)N1CCC[C@@H]1C(=O)NCCCNc1cccc2c1C(=O)c1ccccc1C2=O. The minimum Gasteiger partial charge on any atom is -0.384 e. The van der Waals surface area contributed by atoms with Gasteiger partial charge in [0.05, 0.1) is 18.2 Å². The Hall–Kier alpha value is -6.67. The summed E-state index contributed by atoms with van der Waals surface area (Å²) in [6.07, 6.45) is 2.56. The minimum atomic E-state index is -1.03. The Bertz CT molecular complexity index is 2270. The molecule has 0 unspecified atom stereocenters. The number of hydrogen-bond donors (Lipinski definition) is 6. The lowest BCUT2D eigenvalue weighted by Crippen LogP contribution is -2.57. The third-order valence-corrected chi connectivity index (χ3v) is 11.5. The molecule has 0 bridgehead atoms. The Kier molecular flexibility index (Phi) is 15.4. The summed E-state index contributed by atoms with van der Waals surface area (Å²) in [5.41, 5.74) is 9.85. The van der Waals surface area contributed by atoms with E-state index in [1.165, 1.54) is 4.90 Å². The number of fused-ring (bicyclic) bond motifs is 2. The molecule has 5 amide bonds. The van der Waals surface area contributed by atoms with Gasteiger partial charge in [-0.25, -0.2) is 0 Å². The van der Waals surface area contributed by atoms with Gasteiger partial charge in [-0.2, -0.15) is 0 Å². The zero-order valence-corrected chi connectivity index (χ0v) is 35.2. The molecule has 324 valence electrons. The summed E-state index contributed by atoms with van der Waals surface area (Å²) in [5.74, 6) is -3.06. The van der Waals surface area contributed by atoms with Crippen LogP contribution in [0, 0.1) is 5.92 Å². The van der Waals surface area contributed by atoms with Crippen molar-refractivity contribution < 1.29 is 33.6 Å². The number of ketones is 2. The second kappa shape index (κ2) is 21.2. The molecule has 6 rings (SSSR count). The van der Waals surface area contributed by atoms with Crippen LogP contribution in [0.3, 0.4) is 0 Å². The van der Waals surface area contributed by atoms with Crippen LogP contribution in [-0.2, 0) is 36.8 Å². The van der Waals surface area contributed by atoms with E-state index in [0.717, 1.165) is 11.1 Å². The lowest BCUT2D eigenvalue weighted by Gasteiger charge is -2.29. The third kappa shape index (κ3) is 11.0.